The highest BCUT2D eigenvalue weighted by Gasteiger charge is 2.40. The predicted octanol–water partition coefficient (Wildman–Crippen LogP) is -0.488. The maximum Gasteiger partial charge on any atom is 0.305 e. The molecule has 1 unspecified atom stereocenters. The molecule has 1 heterocycles. The van der Waals surface area contributed by atoms with Crippen LogP contribution in [0.1, 0.15) is 20.3 Å². The number of methoxy groups -OCH3 is 1. The zero-order valence-corrected chi connectivity index (χ0v) is 12.1. The second-order valence-electron chi connectivity index (χ2n) is 5.08. The van der Waals surface area contributed by atoms with Crippen LogP contribution in [0.3, 0.4) is 0 Å². The van der Waals surface area contributed by atoms with Crippen molar-refractivity contribution in [1.82, 2.24) is 4.90 Å². The Bertz CT molecular complexity index is 470. The highest BCUT2D eigenvalue weighted by molar-refractivity contribution is 7.91. The summed E-state index contributed by atoms with van der Waals surface area (Å²) in [6, 6.07) is -0.835. The largest absolute Gasteiger partial charge is 0.481 e. The van der Waals surface area contributed by atoms with E-state index in [1.807, 2.05) is 0 Å². The van der Waals surface area contributed by atoms with Gasteiger partial charge in [0.05, 0.1) is 24.0 Å². The fourth-order valence-electron chi connectivity index (χ4n) is 1.96. The van der Waals surface area contributed by atoms with Gasteiger partial charge in [0, 0.05) is 13.7 Å². The monoisotopic (exact) mass is 293 g/mol. The summed E-state index contributed by atoms with van der Waals surface area (Å²) >= 11 is 0. The third-order valence-corrected chi connectivity index (χ3v) is 4.92. The van der Waals surface area contributed by atoms with Crippen molar-refractivity contribution in [3.05, 3.63) is 0 Å². The molecule has 1 rings (SSSR count). The van der Waals surface area contributed by atoms with Crippen LogP contribution < -0.4 is 0 Å². The molecule has 0 aliphatic carbocycles. The molecule has 1 amide bonds. The molecule has 1 aliphatic heterocycles. The van der Waals surface area contributed by atoms with E-state index in [0.717, 1.165) is 0 Å². The van der Waals surface area contributed by atoms with Crippen molar-refractivity contribution < 1.29 is 27.9 Å². The lowest BCUT2D eigenvalue weighted by Gasteiger charge is -2.38. The van der Waals surface area contributed by atoms with Crippen molar-refractivity contribution in [1.29, 1.82) is 0 Å². The van der Waals surface area contributed by atoms with Crippen molar-refractivity contribution >= 4 is 21.7 Å². The molecule has 0 bridgehead atoms. The maximum absolute atomic E-state index is 12.3. The van der Waals surface area contributed by atoms with E-state index in [4.69, 9.17) is 9.84 Å². The van der Waals surface area contributed by atoms with Crippen LogP contribution >= 0.6 is 0 Å². The van der Waals surface area contributed by atoms with Crippen LogP contribution in [0.4, 0.5) is 0 Å². The number of nitrogens with zero attached hydrogens (tertiary/aromatic N) is 1. The zero-order valence-electron chi connectivity index (χ0n) is 11.2. The van der Waals surface area contributed by atoms with E-state index in [9.17, 15) is 18.0 Å². The predicted molar refractivity (Wildman–Crippen MR) is 67.5 cm³/mol. The van der Waals surface area contributed by atoms with Gasteiger partial charge in [-0.05, 0) is 13.8 Å². The van der Waals surface area contributed by atoms with E-state index in [0.29, 0.717) is 0 Å². The number of hydrogen-bond acceptors (Lipinski definition) is 5. The first-order chi connectivity index (χ1) is 8.59. The fourth-order valence-corrected chi connectivity index (χ4v) is 3.48. The average molecular weight is 293 g/mol. The number of ether oxygens (including phenoxy) is 1. The van der Waals surface area contributed by atoms with Crippen molar-refractivity contribution in [3.63, 3.8) is 0 Å². The van der Waals surface area contributed by atoms with E-state index in [-0.39, 0.29) is 24.5 Å². The summed E-state index contributed by atoms with van der Waals surface area (Å²) in [6.45, 7) is 3.14. The molecule has 19 heavy (non-hydrogen) atoms. The van der Waals surface area contributed by atoms with Crippen LogP contribution in [0.2, 0.25) is 0 Å². The smallest absolute Gasteiger partial charge is 0.305 e. The number of rotatable bonds is 4. The van der Waals surface area contributed by atoms with E-state index < -0.39 is 33.4 Å². The minimum Gasteiger partial charge on any atom is -0.481 e. The molecule has 1 atom stereocenters. The Morgan fingerprint density at radius 2 is 2.00 bits per heavy atom. The summed E-state index contributed by atoms with van der Waals surface area (Å²) in [7, 11) is -1.91. The topological polar surface area (TPSA) is 101 Å². The average Bonchev–Trinajstić information content (AvgIpc) is 2.26. The molecular formula is C11H19NO6S. The Morgan fingerprint density at radius 3 is 2.47 bits per heavy atom. The SMILES string of the molecule is COC(C)(C)C(=O)N1CCS(=O)(=O)CC1CC(=O)O. The van der Waals surface area contributed by atoms with E-state index in [1.165, 1.54) is 12.0 Å². The first-order valence-electron chi connectivity index (χ1n) is 5.87. The van der Waals surface area contributed by atoms with Gasteiger partial charge in [0.15, 0.2) is 9.84 Å². The van der Waals surface area contributed by atoms with Crippen molar-refractivity contribution in [2.45, 2.75) is 31.9 Å². The molecule has 1 saturated heterocycles. The molecule has 0 radical (unpaired) electrons. The summed E-state index contributed by atoms with van der Waals surface area (Å²) in [4.78, 5) is 24.4. The van der Waals surface area contributed by atoms with Gasteiger partial charge >= 0.3 is 5.97 Å². The number of hydrogen-bond donors (Lipinski definition) is 1. The number of carbonyl (C=O) groups excluding carboxylic acids is 1. The number of carboxylic acids is 1. The van der Waals surface area contributed by atoms with Crippen LogP contribution in [0.25, 0.3) is 0 Å². The quantitative estimate of drug-likeness (QED) is 0.750. The molecule has 110 valence electrons. The molecule has 8 heteroatoms. The molecule has 7 nitrogen and oxygen atoms in total. The molecule has 0 aromatic carbocycles. The Hall–Kier alpha value is -1.15. The summed E-state index contributed by atoms with van der Waals surface area (Å²) in [5, 5.41) is 8.83. The minimum absolute atomic E-state index is 0.00586. The fraction of sp³-hybridized carbons (Fsp3) is 0.818. The number of carbonyl (C=O) groups is 2. The molecule has 1 aliphatic rings. The van der Waals surface area contributed by atoms with Crippen molar-refractivity contribution in [2.24, 2.45) is 0 Å². The first-order valence-corrected chi connectivity index (χ1v) is 7.69. The highest BCUT2D eigenvalue weighted by Crippen LogP contribution is 2.21. The molecule has 1 fully saturated rings. The Balaban J connectivity index is 2.97. The number of aliphatic carboxylic acids is 1. The molecular weight excluding hydrogens is 274 g/mol. The summed E-state index contributed by atoms with van der Waals surface area (Å²) in [6.07, 6.45) is -0.384. The Morgan fingerprint density at radius 1 is 1.42 bits per heavy atom. The Labute approximate surface area is 112 Å². The lowest BCUT2D eigenvalue weighted by Crippen LogP contribution is -2.57. The van der Waals surface area contributed by atoms with Crippen LogP contribution in [-0.2, 0) is 24.2 Å². The number of amides is 1. The maximum atomic E-state index is 12.3. The highest BCUT2D eigenvalue weighted by atomic mass is 32.2. The third kappa shape index (κ3) is 3.90. The first kappa shape index (κ1) is 15.9. The van der Waals surface area contributed by atoms with Crippen molar-refractivity contribution in [3.8, 4) is 0 Å². The van der Waals surface area contributed by atoms with Crippen LogP contribution in [0, 0.1) is 0 Å². The lowest BCUT2D eigenvalue weighted by atomic mass is 10.1. The van der Waals surface area contributed by atoms with Gasteiger partial charge in [0.25, 0.3) is 5.91 Å². The van der Waals surface area contributed by atoms with Crippen LogP contribution in [0.15, 0.2) is 0 Å². The molecule has 1 N–H and O–H groups in total. The third-order valence-electron chi connectivity index (χ3n) is 3.23. The van der Waals surface area contributed by atoms with Gasteiger partial charge in [-0.1, -0.05) is 0 Å². The van der Waals surface area contributed by atoms with Crippen LogP contribution in [-0.4, -0.2) is 67.1 Å². The van der Waals surface area contributed by atoms with Crippen molar-refractivity contribution in [2.75, 3.05) is 25.2 Å². The van der Waals surface area contributed by atoms with Gasteiger partial charge in [-0.15, -0.1) is 0 Å². The molecule has 0 aromatic rings. The van der Waals surface area contributed by atoms with Gasteiger partial charge in [-0.2, -0.15) is 0 Å². The standard InChI is InChI=1S/C11H19NO6S/c1-11(2,18-3)10(15)12-4-5-19(16,17)7-8(12)6-9(13)14/h8H,4-7H2,1-3H3,(H,13,14). The summed E-state index contributed by atoms with van der Waals surface area (Å²) in [5.74, 6) is -1.98. The van der Waals surface area contributed by atoms with E-state index >= 15 is 0 Å². The van der Waals surface area contributed by atoms with Gasteiger partial charge < -0.3 is 14.7 Å². The molecule has 0 spiro atoms. The summed E-state index contributed by atoms with van der Waals surface area (Å²) in [5.41, 5.74) is -1.10. The second-order valence-corrected chi connectivity index (χ2v) is 7.31. The lowest BCUT2D eigenvalue weighted by molar-refractivity contribution is -0.154. The normalized spacial score (nSPS) is 23.1. The molecule has 0 saturated carbocycles. The zero-order chi connectivity index (χ0) is 14.8. The van der Waals surface area contributed by atoms with E-state index in [2.05, 4.69) is 0 Å². The van der Waals surface area contributed by atoms with E-state index in [1.54, 1.807) is 13.8 Å². The number of sulfone groups is 1. The second kappa shape index (κ2) is 5.46. The molecule has 0 aromatic heterocycles. The van der Waals surface area contributed by atoms with Gasteiger partial charge in [-0.3, -0.25) is 9.59 Å². The minimum atomic E-state index is -3.29. The van der Waals surface area contributed by atoms with Crippen LogP contribution in [0.5, 0.6) is 0 Å². The Kier molecular flexibility index (Phi) is 4.57. The van der Waals surface area contributed by atoms with Gasteiger partial charge in [0.1, 0.15) is 5.60 Å². The van der Waals surface area contributed by atoms with Gasteiger partial charge in [-0.25, -0.2) is 8.42 Å². The van der Waals surface area contributed by atoms with Gasteiger partial charge in [0.2, 0.25) is 0 Å². The summed E-state index contributed by atoms with van der Waals surface area (Å²) < 4.78 is 28.2. The number of carboxylic acid groups (broad SMARTS) is 1.